The summed E-state index contributed by atoms with van der Waals surface area (Å²) in [5.41, 5.74) is 0. The lowest BCUT2D eigenvalue weighted by molar-refractivity contribution is 0.290. The number of hydrogen-bond donors (Lipinski definition) is 1. The van der Waals surface area contributed by atoms with Gasteiger partial charge in [-0.2, -0.15) is 4.31 Å². The van der Waals surface area contributed by atoms with Crippen LogP contribution in [-0.2, 0) is 10.0 Å². The molecule has 7 heteroatoms. The second kappa shape index (κ2) is 7.29. The van der Waals surface area contributed by atoms with Crippen molar-refractivity contribution in [3.05, 3.63) is 24.1 Å². The molecule has 0 bridgehead atoms. The SMILES string of the molecule is CCCN(CC1CCCNC1)S(=O)(=O)c1ncccc1F. The Labute approximate surface area is 125 Å². The van der Waals surface area contributed by atoms with E-state index in [1.54, 1.807) is 0 Å². The third-order valence-electron chi connectivity index (χ3n) is 3.64. The van der Waals surface area contributed by atoms with Gasteiger partial charge in [0.25, 0.3) is 10.0 Å². The summed E-state index contributed by atoms with van der Waals surface area (Å²) in [6, 6.07) is 2.52. The van der Waals surface area contributed by atoms with E-state index >= 15 is 0 Å². The number of pyridine rings is 1. The van der Waals surface area contributed by atoms with Gasteiger partial charge in [0, 0.05) is 19.3 Å². The number of nitrogens with zero attached hydrogens (tertiary/aromatic N) is 2. The fraction of sp³-hybridized carbons (Fsp3) is 0.643. The lowest BCUT2D eigenvalue weighted by Gasteiger charge is -2.29. The molecule has 1 fully saturated rings. The number of piperidine rings is 1. The minimum absolute atomic E-state index is 0.270. The van der Waals surface area contributed by atoms with Gasteiger partial charge in [-0.05, 0) is 50.4 Å². The van der Waals surface area contributed by atoms with Crippen molar-refractivity contribution in [2.75, 3.05) is 26.2 Å². The number of halogens is 1. The first-order valence-electron chi connectivity index (χ1n) is 7.37. The Hall–Kier alpha value is -1.05. The quantitative estimate of drug-likeness (QED) is 0.866. The third-order valence-corrected chi connectivity index (χ3v) is 5.44. The largest absolute Gasteiger partial charge is 0.316 e. The van der Waals surface area contributed by atoms with Gasteiger partial charge in [-0.25, -0.2) is 17.8 Å². The van der Waals surface area contributed by atoms with Gasteiger partial charge >= 0.3 is 0 Å². The second-order valence-corrected chi connectivity index (χ2v) is 7.22. The van der Waals surface area contributed by atoms with E-state index in [1.807, 2.05) is 6.92 Å². The van der Waals surface area contributed by atoms with Gasteiger partial charge in [-0.1, -0.05) is 6.92 Å². The predicted octanol–water partition coefficient (Wildman–Crippen LogP) is 1.62. The molecule has 118 valence electrons. The van der Waals surface area contributed by atoms with Crippen LogP contribution in [0.2, 0.25) is 0 Å². The molecule has 1 atom stereocenters. The van der Waals surface area contributed by atoms with Gasteiger partial charge in [-0.15, -0.1) is 0 Å². The van der Waals surface area contributed by atoms with Crippen LogP contribution < -0.4 is 5.32 Å². The van der Waals surface area contributed by atoms with E-state index < -0.39 is 20.9 Å². The van der Waals surface area contributed by atoms with E-state index in [1.165, 1.54) is 16.6 Å². The minimum Gasteiger partial charge on any atom is -0.316 e. The molecule has 2 rings (SSSR count). The van der Waals surface area contributed by atoms with Crippen molar-refractivity contribution in [1.29, 1.82) is 0 Å². The Morgan fingerprint density at radius 3 is 2.95 bits per heavy atom. The van der Waals surface area contributed by atoms with Crippen molar-refractivity contribution in [3.63, 3.8) is 0 Å². The summed E-state index contributed by atoms with van der Waals surface area (Å²) >= 11 is 0. The first-order chi connectivity index (χ1) is 10.1. The van der Waals surface area contributed by atoms with E-state index in [9.17, 15) is 12.8 Å². The van der Waals surface area contributed by atoms with Crippen LogP contribution >= 0.6 is 0 Å². The number of aromatic nitrogens is 1. The minimum atomic E-state index is -3.87. The molecule has 1 N–H and O–H groups in total. The normalized spacial score (nSPS) is 19.9. The van der Waals surface area contributed by atoms with Crippen LogP contribution in [0.5, 0.6) is 0 Å². The molecule has 0 spiro atoms. The number of hydrogen-bond acceptors (Lipinski definition) is 4. The van der Waals surface area contributed by atoms with Gasteiger partial charge in [-0.3, -0.25) is 0 Å². The van der Waals surface area contributed by atoms with E-state index in [2.05, 4.69) is 10.3 Å². The zero-order valence-corrected chi connectivity index (χ0v) is 13.1. The summed E-state index contributed by atoms with van der Waals surface area (Å²) < 4.78 is 40.4. The van der Waals surface area contributed by atoms with Crippen molar-refractivity contribution in [2.45, 2.75) is 31.2 Å². The predicted molar refractivity (Wildman–Crippen MR) is 78.8 cm³/mol. The Morgan fingerprint density at radius 2 is 2.33 bits per heavy atom. The topological polar surface area (TPSA) is 62.3 Å². The summed E-state index contributed by atoms with van der Waals surface area (Å²) in [4.78, 5) is 3.73. The fourth-order valence-electron chi connectivity index (χ4n) is 2.61. The molecule has 1 aliphatic heterocycles. The smallest absolute Gasteiger partial charge is 0.263 e. The maximum Gasteiger partial charge on any atom is 0.263 e. The molecule has 1 aromatic heterocycles. The molecule has 5 nitrogen and oxygen atoms in total. The molecular formula is C14H22FN3O2S. The fourth-order valence-corrected chi connectivity index (χ4v) is 4.19. The van der Waals surface area contributed by atoms with Gasteiger partial charge in [0.1, 0.15) is 0 Å². The summed E-state index contributed by atoms with van der Waals surface area (Å²) in [6.45, 7) is 4.50. The molecule has 0 amide bonds. The molecule has 1 unspecified atom stereocenters. The Bertz CT molecular complexity index is 559. The van der Waals surface area contributed by atoms with Crippen molar-refractivity contribution >= 4 is 10.0 Å². The molecule has 1 aliphatic rings. The average molecular weight is 315 g/mol. The van der Waals surface area contributed by atoms with Gasteiger partial charge in [0.2, 0.25) is 5.03 Å². The molecule has 0 aromatic carbocycles. The van der Waals surface area contributed by atoms with E-state index in [-0.39, 0.29) is 5.92 Å². The van der Waals surface area contributed by atoms with E-state index in [0.29, 0.717) is 19.5 Å². The highest BCUT2D eigenvalue weighted by atomic mass is 32.2. The van der Waals surface area contributed by atoms with Crippen molar-refractivity contribution in [2.24, 2.45) is 5.92 Å². The van der Waals surface area contributed by atoms with Crippen molar-refractivity contribution < 1.29 is 12.8 Å². The standard InChI is InChI=1S/C14H22FN3O2S/c1-2-9-18(11-12-5-3-7-16-10-12)21(19,20)14-13(15)6-4-8-17-14/h4,6,8,12,16H,2-3,5,7,9-11H2,1H3. The Morgan fingerprint density at radius 1 is 1.52 bits per heavy atom. The monoisotopic (exact) mass is 315 g/mol. The van der Waals surface area contributed by atoms with Gasteiger partial charge in [0.15, 0.2) is 5.82 Å². The van der Waals surface area contributed by atoms with Gasteiger partial charge < -0.3 is 5.32 Å². The van der Waals surface area contributed by atoms with E-state index in [4.69, 9.17) is 0 Å². The molecule has 1 saturated heterocycles. The summed E-state index contributed by atoms with van der Waals surface area (Å²) in [5.74, 6) is -0.521. The molecule has 0 radical (unpaired) electrons. The van der Waals surface area contributed by atoms with Crippen molar-refractivity contribution in [3.8, 4) is 0 Å². The summed E-state index contributed by atoms with van der Waals surface area (Å²) in [7, 11) is -3.87. The molecule has 21 heavy (non-hydrogen) atoms. The zero-order chi connectivity index (χ0) is 15.3. The average Bonchev–Trinajstić information content (AvgIpc) is 2.48. The van der Waals surface area contributed by atoms with E-state index in [0.717, 1.165) is 32.0 Å². The van der Waals surface area contributed by atoms with Crippen LogP contribution in [0.3, 0.4) is 0 Å². The molecule has 1 aromatic rings. The molecule has 2 heterocycles. The van der Waals surface area contributed by atoms with Crippen LogP contribution in [0.25, 0.3) is 0 Å². The van der Waals surface area contributed by atoms with Crippen LogP contribution in [0.4, 0.5) is 4.39 Å². The molecule has 0 saturated carbocycles. The Balaban J connectivity index is 2.21. The highest BCUT2D eigenvalue weighted by molar-refractivity contribution is 7.89. The first-order valence-corrected chi connectivity index (χ1v) is 8.81. The van der Waals surface area contributed by atoms with Crippen LogP contribution in [0.15, 0.2) is 23.4 Å². The van der Waals surface area contributed by atoms with Crippen LogP contribution in [0, 0.1) is 11.7 Å². The maximum absolute atomic E-state index is 13.8. The van der Waals surface area contributed by atoms with Crippen LogP contribution in [0.1, 0.15) is 26.2 Å². The number of rotatable bonds is 6. The molecule has 0 aliphatic carbocycles. The lowest BCUT2D eigenvalue weighted by atomic mass is 10.00. The third kappa shape index (κ3) is 3.99. The first kappa shape index (κ1) is 16.3. The number of nitrogens with one attached hydrogen (secondary N) is 1. The summed E-state index contributed by atoms with van der Waals surface area (Å²) in [6.07, 6.45) is 4.03. The second-order valence-electron chi connectivity index (χ2n) is 5.37. The van der Waals surface area contributed by atoms with Crippen molar-refractivity contribution in [1.82, 2.24) is 14.6 Å². The summed E-state index contributed by atoms with van der Waals surface area (Å²) in [5, 5.41) is 2.80. The highest BCUT2D eigenvalue weighted by Crippen LogP contribution is 2.20. The van der Waals surface area contributed by atoms with Gasteiger partial charge in [0.05, 0.1) is 0 Å². The maximum atomic E-state index is 13.8. The number of sulfonamides is 1. The highest BCUT2D eigenvalue weighted by Gasteiger charge is 2.30. The molecular weight excluding hydrogens is 293 g/mol. The lowest BCUT2D eigenvalue weighted by Crippen LogP contribution is -2.41. The zero-order valence-electron chi connectivity index (χ0n) is 12.3. The Kier molecular flexibility index (Phi) is 5.66. The van der Waals surface area contributed by atoms with Crippen LogP contribution in [-0.4, -0.2) is 43.9 Å².